The number of nitrogens with two attached hydrogens (primary N) is 2. The van der Waals surface area contributed by atoms with Gasteiger partial charge >= 0.3 is 0 Å². The van der Waals surface area contributed by atoms with Crippen LogP contribution in [0.4, 0.5) is 0 Å². The molecule has 0 spiro atoms. The molecule has 1 rings (SSSR count). The van der Waals surface area contributed by atoms with Crippen LogP contribution in [0.1, 0.15) is 11.1 Å². The van der Waals surface area contributed by atoms with Crippen molar-refractivity contribution in [2.45, 2.75) is 18.0 Å². The fourth-order valence-corrected chi connectivity index (χ4v) is 1.88. The molecule has 0 aliphatic heterocycles. The predicted octanol–water partition coefficient (Wildman–Crippen LogP) is -0.530. The van der Waals surface area contributed by atoms with Crippen LogP contribution < -0.4 is 11.5 Å². The first-order chi connectivity index (χ1) is 6.49. The van der Waals surface area contributed by atoms with Crippen molar-refractivity contribution in [3.05, 3.63) is 29.3 Å². The van der Waals surface area contributed by atoms with E-state index in [1.54, 1.807) is 12.1 Å². The van der Waals surface area contributed by atoms with Gasteiger partial charge in [0.25, 0.3) is 10.1 Å². The third-order valence-electron chi connectivity index (χ3n) is 1.86. The van der Waals surface area contributed by atoms with Gasteiger partial charge in [0.2, 0.25) is 0 Å². The van der Waals surface area contributed by atoms with Crippen molar-refractivity contribution in [3.63, 3.8) is 0 Å². The van der Waals surface area contributed by atoms with Gasteiger partial charge in [-0.15, -0.1) is 0 Å². The van der Waals surface area contributed by atoms with E-state index in [1.807, 2.05) is 0 Å². The van der Waals surface area contributed by atoms with E-state index in [4.69, 9.17) is 16.0 Å². The molecule has 0 saturated carbocycles. The summed E-state index contributed by atoms with van der Waals surface area (Å²) in [6.45, 7) is 0.349. The summed E-state index contributed by atoms with van der Waals surface area (Å²) in [5, 5.41) is 0. The second-order valence-electron chi connectivity index (χ2n) is 2.83. The Hall–Kier alpha value is 0.686. The molecule has 0 heterocycles. The van der Waals surface area contributed by atoms with Crippen LogP contribution in [0.15, 0.2) is 23.1 Å². The molecule has 1 radical (unpaired) electrons. The quantitative estimate of drug-likeness (QED) is 0.497. The van der Waals surface area contributed by atoms with Crippen LogP contribution in [-0.4, -0.2) is 64.4 Å². The van der Waals surface area contributed by atoms with Crippen LogP contribution in [-0.2, 0) is 23.2 Å². The first-order valence-electron chi connectivity index (χ1n) is 3.98. The number of rotatable bonds is 3. The third kappa shape index (κ3) is 4.21. The smallest absolute Gasteiger partial charge is 0.294 e. The van der Waals surface area contributed by atoms with Gasteiger partial charge in [-0.3, -0.25) is 4.55 Å². The Balaban J connectivity index is 0.00000196. The molecule has 0 aliphatic carbocycles. The van der Waals surface area contributed by atoms with Crippen LogP contribution in [0.3, 0.4) is 0 Å². The molecule has 0 saturated heterocycles. The maximum absolute atomic E-state index is 10.9. The Morgan fingerprint density at radius 2 is 1.80 bits per heavy atom. The summed E-state index contributed by atoms with van der Waals surface area (Å²) in [7, 11) is -4.19. The maximum Gasteiger partial charge on any atom is 0.294 e. The molecular weight excluding hydrogens is 243 g/mol. The van der Waals surface area contributed by atoms with E-state index >= 15 is 0 Å². The van der Waals surface area contributed by atoms with Crippen LogP contribution >= 0.6 is 0 Å². The van der Waals surface area contributed by atoms with Crippen molar-refractivity contribution in [2.24, 2.45) is 11.5 Å². The molecule has 0 unspecified atom stereocenters. The molecule has 1 aromatic rings. The fraction of sp³-hybridized carbons (Fsp3) is 0.250. The molecule has 79 valence electrons. The average Bonchev–Trinajstić information content (AvgIpc) is 2.15. The number of benzene rings is 1. The topological polar surface area (TPSA) is 106 Å². The molecule has 0 atom stereocenters. The van der Waals surface area contributed by atoms with E-state index in [9.17, 15) is 8.42 Å². The molecule has 0 aliphatic rings. The molecule has 0 fully saturated rings. The zero-order valence-corrected chi connectivity index (χ0v) is 12.4. The predicted molar refractivity (Wildman–Crippen MR) is 57.8 cm³/mol. The maximum atomic E-state index is 10.9. The van der Waals surface area contributed by atoms with Gasteiger partial charge in [0.15, 0.2) is 0 Å². The van der Waals surface area contributed by atoms with Gasteiger partial charge in [0.1, 0.15) is 0 Å². The van der Waals surface area contributed by atoms with Gasteiger partial charge in [-0.05, 0) is 17.2 Å². The Kier molecular flexibility index (Phi) is 6.72. The standard InChI is InChI=1S/C8H12N2O3S.K/c9-4-6-1-2-8(14(11,12)13)7(3-6)5-10;/h1-3H,4-5,9-10H2,(H,11,12,13);. The largest absolute Gasteiger partial charge is 0.326 e. The first-order valence-corrected chi connectivity index (χ1v) is 5.42. The van der Waals surface area contributed by atoms with E-state index in [1.165, 1.54) is 6.07 Å². The van der Waals surface area contributed by atoms with E-state index < -0.39 is 10.1 Å². The summed E-state index contributed by atoms with van der Waals surface area (Å²) in [5.41, 5.74) is 11.9. The van der Waals surface area contributed by atoms with Crippen molar-refractivity contribution in [2.75, 3.05) is 0 Å². The minimum atomic E-state index is -4.19. The Morgan fingerprint density at radius 3 is 2.20 bits per heavy atom. The monoisotopic (exact) mass is 255 g/mol. The number of hydrogen-bond acceptors (Lipinski definition) is 4. The summed E-state index contributed by atoms with van der Waals surface area (Å²) in [5.74, 6) is 0. The summed E-state index contributed by atoms with van der Waals surface area (Å²) < 4.78 is 30.6. The zero-order chi connectivity index (χ0) is 10.8. The summed E-state index contributed by atoms with van der Waals surface area (Å²) >= 11 is 0. The molecular formula is C8H12KN2O3S. The zero-order valence-electron chi connectivity index (χ0n) is 8.47. The van der Waals surface area contributed by atoms with Crippen molar-refractivity contribution in [3.8, 4) is 0 Å². The molecule has 7 heteroatoms. The van der Waals surface area contributed by atoms with Crippen molar-refractivity contribution >= 4 is 61.5 Å². The summed E-state index contributed by atoms with van der Waals surface area (Å²) in [6.07, 6.45) is 0. The molecule has 5 N–H and O–H groups in total. The molecule has 0 amide bonds. The minimum absolute atomic E-state index is 0. The Bertz CT molecular complexity index is 434. The second kappa shape index (κ2) is 6.43. The van der Waals surface area contributed by atoms with Crippen molar-refractivity contribution < 1.29 is 13.0 Å². The second-order valence-corrected chi connectivity index (χ2v) is 4.22. The van der Waals surface area contributed by atoms with Gasteiger partial charge in [-0.2, -0.15) is 8.42 Å². The SMILES string of the molecule is NCc1ccc(S(=O)(=O)O)c(CN)c1.[K]. The van der Waals surface area contributed by atoms with Crippen LogP contribution in [0.25, 0.3) is 0 Å². The summed E-state index contributed by atoms with van der Waals surface area (Å²) in [4.78, 5) is -0.155. The van der Waals surface area contributed by atoms with Gasteiger partial charge in [0, 0.05) is 64.5 Å². The van der Waals surface area contributed by atoms with E-state index in [2.05, 4.69) is 0 Å². The van der Waals surface area contributed by atoms with Gasteiger partial charge in [-0.1, -0.05) is 12.1 Å². The van der Waals surface area contributed by atoms with Crippen LogP contribution in [0.2, 0.25) is 0 Å². The Labute approximate surface area is 131 Å². The molecule has 0 bridgehead atoms. The van der Waals surface area contributed by atoms with Crippen LogP contribution in [0.5, 0.6) is 0 Å². The Morgan fingerprint density at radius 1 is 1.20 bits per heavy atom. The first kappa shape index (κ1) is 15.7. The van der Waals surface area contributed by atoms with Gasteiger partial charge in [-0.25, -0.2) is 0 Å². The molecule has 0 aromatic heterocycles. The van der Waals surface area contributed by atoms with Crippen molar-refractivity contribution in [1.82, 2.24) is 0 Å². The molecule has 15 heavy (non-hydrogen) atoms. The van der Waals surface area contributed by atoms with E-state index in [0.717, 1.165) is 5.56 Å². The summed E-state index contributed by atoms with van der Waals surface area (Å²) in [6, 6.07) is 4.42. The van der Waals surface area contributed by atoms with Gasteiger partial charge in [0.05, 0.1) is 4.90 Å². The fourth-order valence-electron chi connectivity index (χ4n) is 1.17. The van der Waals surface area contributed by atoms with Crippen LogP contribution in [0, 0.1) is 0 Å². The van der Waals surface area contributed by atoms with Gasteiger partial charge < -0.3 is 11.5 Å². The molecule has 1 aromatic carbocycles. The normalized spacial score (nSPS) is 10.9. The molecule has 5 nitrogen and oxygen atoms in total. The third-order valence-corrected chi connectivity index (χ3v) is 2.81. The van der Waals surface area contributed by atoms with E-state index in [-0.39, 0.29) is 62.8 Å². The average molecular weight is 255 g/mol. The van der Waals surface area contributed by atoms with E-state index in [0.29, 0.717) is 12.1 Å². The minimum Gasteiger partial charge on any atom is -0.326 e. The number of hydrogen-bond donors (Lipinski definition) is 3. The van der Waals surface area contributed by atoms with Crippen molar-refractivity contribution in [1.29, 1.82) is 0 Å².